The lowest BCUT2D eigenvalue weighted by atomic mass is 9.32. The second-order valence-corrected chi connectivity index (χ2v) is 19.8. The van der Waals surface area contributed by atoms with Crippen LogP contribution in [-0.2, 0) is 46.4 Å². The summed E-state index contributed by atoms with van der Waals surface area (Å²) in [6, 6.07) is 0. The molecular formula is C45H68N6O7. The number of esters is 2. The first-order chi connectivity index (χ1) is 27.3. The molecule has 0 aromatic carbocycles. The Morgan fingerprint density at radius 3 is 2.38 bits per heavy atom. The number of ether oxygens (including phenoxy) is 2. The molecule has 3 amide bonds. The van der Waals surface area contributed by atoms with Crippen molar-refractivity contribution >= 4 is 29.7 Å². The maximum absolute atomic E-state index is 13.9. The first-order valence-electron chi connectivity index (χ1n) is 21.7. The van der Waals surface area contributed by atoms with E-state index in [2.05, 4.69) is 75.6 Å². The van der Waals surface area contributed by atoms with Crippen molar-refractivity contribution in [3.05, 3.63) is 36.7 Å². The molecule has 13 nitrogen and oxygen atoms in total. The van der Waals surface area contributed by atoms with Gasteiger partial charge in [-0.3, -0.25) is 24.0 Å². The smallest absolute Gasteiger partial charge is 0.312 e. The van der Waals surface area contributed by atoms with Gasteiger partial charge in [0.05, 0.1) is 24.1 Å². The number of carbonyl (C=O) groups excluding carboxylic acids is 5. The summed E-state index contributed by atoms with van der Waals surface area (Å²) in [5.74, 6) is 0.336. The number of rotatable bonds is 15. The zero-order valence-corrected chi connectivity index (χ0v) is 35.8. The van der Waals surface area contributed by atoms with Crippen molar-refractivity contribution in [2.75, 3.05) is 19.7 Å². The first-order valence-corrected chi connectivity index (χ1v) is 21.7. The van der Waals surface area contributed by atoms with Crippen LogP contribution in [0.15, 0.2) is 31.0 Å². The van der Waals surface area contributed by atoms with E-state index in [0.29, 0.717) is 35.8 Å². The number of amides is 3. The maximum atomic E-state index is 13.9. The Hall–Kier alpha value is -4.03. The molecule has 0 aliphatic heterocycles. The number of aromatic nitrogens is 3. The number of hydrogen-bond acceptors (Lipinski definition) is 9. The highest BCUT2D eigenvalue weighted by atomic mass is 16.5. The van der Waals surface area contributed by atoms with E-state index < -0.39 is 17.2 Å². The summed E-state index contributed by atoms with van der Waals surface area (Å²) in [7, 11) is 0. The van der Waals surface area contributed by atoms with Gasteiger partial charge in [-0.25, -0.2) is 4.68 Å². The molecule has 13 heteroatoms. The Morgan fingerprint density at radius 1 is 0.914 bits per heavy atom. The van der Waals surface area contributed by atoms with E-state index in [1.807, 2.05) is 0 Å². The predicted octanol–water partition coefficient (Wildman–Crippen LogP) is 5.62. The summed E-state index contributed by atoms with van der Waals surface area (Å²) < 4.78 is 13.6. The quantitative estimate of drug-likeness (QED) is 0.150. The van der Waals surface area contributed by atoms with Gasteiger partial charge in [-0.15, -0.1) is 5.10 Å². The lowest BCUT2D eigenvalue weighted by Crippen LogP contribution is -2.67. The van der Waals surface area contributed by atoms with Crippen LogP contribution in [0.4, 0.5) is 0 Å². The third-order valence-electron chi connectivity index (χ3n) is 16.6. The number of allylic oxidation sites excluding steroid dienone is 1. The van der Waals surface area contributed by atoms with Gasteiger partial charge < -0.3 is 25.8 Å². The first kappa shape index (κ1) is 43.5. The van der Waals surface area contributed by atoms with Crippen LogP contribution in [0, 0.1) is 56.7 Å². The van der Waals surface area contributed by atoms with Crippen molar-refractivity contribution in [3.8, 4) is 0 Å². The molecule has 0 radical (unpaired) electrons. The van der Waals surface area contributed by atoms with E-state index in [0.717, 1.165) is 64.2 Å². The van der Waals surface area contributed by atoms with E-state index in [1.54, 1.807) is 12.3 Å². The molecule has 1 heterocycles. The zero-order chi connectivity index (χ0) is 42.3. The molecule has 5 fully saturated rings. The van der Waals surface area contributed by atoms with Gasteiger partial charge in [-0.1, -0.05) is 64.6 Å². The number of fused-ring (bicyclic) bond motifs is 7. The highest BCUT2D eigenvalue weighted by molar-refractivity contribution is 5.84. The van der Waals surface area contributed by atoms with Crippen LogP contribution in [0.25, 0.3) is 0 Å². The SMILES string of the molecule is C=CCOC(=O)[C@]12CC[C@@H](C(=C)C)[C@@H]1[C@H]1CC[C@@H]3[C@@]4(C)CC[C@H](OC(=O)CCc5cn(CC(=O)NCCC(=O)NCC(N)=O)nn5)C(C)(C)[C@@H]4CC[C@@]3(C)[C@]1(C)CC2. The molecule has 1 aromatic heterocycles. The molecule has 1 aromatic rings. The number of nitrogens with one attached hydrogen (secondary N) is 2. The van der Waals surface area contributed by atoms with E-state index in [-0.39, 0.29) is 90.6 Å². The summed E-state index contributed by atoms with van der Waals surface area (Å²) in [5, 5.41) is 13.2. The molecule has 5 aliphatic rings. The molecule has 10 atom stereocenters. The fourth-order valence-electron chi connectivity index (χ4n) is 13.7. The van der Waals surface area contributed by atoms with Crippen molar-refractivity contribution in [1.29, 1.82) is 0 Å². The Kier molecular flexibility index (Phi) is 12.4. The summed E-state index contributed by atoms with van der Waals surface area (Å²) in [4.78, 5) is 62.2. The van der Waals surface area contributed by atoms with Crippen molar-refractivity contribution < 1.29 is 33.4 Å². The second-order valence-electron chi connectivity index (χ2n) is 19.8. The van der Waals surface area contributed by atoms with Gasteiger partial charge in [-0.2, -0.15) is 0 Å². The van der Waals surface area contributed by atoms with Gasteiger partial charge >= 0.3 is 11.9 Å². The normalized spacial score (nSPS) is 35.8. The highest BCUT2D eigenvalue weighted by Crippen LogP contribution is 2.77. The fourth-order valence-corrected chi connectivity index (χ4v) is 13.7. The van der Waals surface area contributed by atoms with Crippen LogP contribution in [0.2, 0.25) is 0 Å². The van der Waals surface area contributed by atoms with Gasteiger partial charge in [0.2, 0.25) is 17.7 Å². The second kappa shape index (κ2) is 16.6. The summed E-state index contributed by atoms with van der Waals surface area (Å²) in [5.41, 5.74) is 6.51. The number of aryl methyl sites for hydroxylation is 1. The summed E-state index contributed by atoms with van der Waals surface area (Å²) >= 11 is 0. The molecule has 5 saturated carbocycles. The van der Waals surface area contributed by atoms with E-state index in [9.17, 15) is 24.0 Å². The van der Waals surface area contributed by atoms with Gasteiger partial charge in [0.25, 0.3) is 0 Å². The van der Waals surface area contributed by atoms with Crippen LogP contribution in [0.1, 0.15) is 124 Å². The van der Waals surface area contributed by atoms with Crippen molar-refractivity contribution in [1.82, 2.24) is 25.6 Å². The molecule has 5 aliphatic carbocycles. The molecule has 4 N–H and O–H groups in total. The third kappa shape index (κ3) is 7.75. The number of carbonyl (C=O) groups is 5. The third-order valence-corrected chi connectivity index (χ3v) is 16.6. The molecular weight excluding hydrogens is 737 g/mol. The van der Waals surface area contributed by atoms with Crippen LogP contribution in [-0.4, -0.2) is 70.5 Å². The van der Waals surface area contributed by atoms with Crippen molar-refractivity contribution in [2.24, 2.45) is 62.4 Å². The number of nitrogens with zero attached hydrogens (tertiary/aromatic N) is 3. The zero-order valence-electron chi connectivity index (χ0n) is 35.8. The maximum Gasteiger partial charge on any atom is 0.312 e. The largest absolute Gasteiger partial charge is 0.462 e. The van der Waals surface area contributed by atoms with Gasteiger partial charge in [0.15, 0.2) is 0 Å². The molecule has 0 unspecified atom stereocenters. The highest BCUT2D eigenvalue weighted by Gasteiger charge is 2.72. The standard InChI is InChI=1S/C45H68N6O7/c1-9-24-57-40(56)45-20-14-30(28(2)3)39(45)31-11-12-33-42(6)18-16-34(41(4,5)32(42)15-19-44(33,8)43(31,7)21-22-45)58-38(55)13-10-29-26-51(50-49-29)27-37(54)47-23-17-36(53)48-25-35(46)52/h9,26,30-34,39H,1-2,10-25,27H2,3-8H3,(H2,46,52)(H,47,54)(H,48,53)/t30-,31+,32-,33+,34-,39+,42-,43+,44+,45-/m0/s1. The van der Waals surface area contributed by atoms with Crippen LogP contribution >= 0.6 is 0 Å². The number of primary amides is 1. The predicted molar refractivity (Wildman–Crippen MR) is 218 cm³/mol. The van der Waals surface area contributed by atoms with E-state index >= 15 is 0 Å². The van der Waals surface area contributed by atoms with E-state index in [1.165, 1.54) is 10.3 Å². The molecule has 0 saturated heterocycles. The van der Waals surface area contributed by atoms with Crippen LogP contribution < -0.4 is 16.4 Å². The minimum atomic E-state index is -0.640. The minimum Gasteiger partial charge on any atom is -0.462 e. The molecule has 6 rings (SSSR count). The number of nitrogens with two attached hydrogens (primary N) is 1. The summed E-state index contributed by atoms with van der Waals surface area (Å²) in [6.45, 7) is 22.8. The topological polar surface area (TPSA) is 185 Å². The minimum absolute atomic E-state index is 0.0104. The van der Waals surface area contributed by atoms with Gasteiger partial charge in [-0.05, 0) is 117 Å². The van der Waals surface area contributed by atoms with Crippen molar-refractivity contribution in [2.45, 2.75) is 138 Å². The lowest BCUT2D eigenvalue weighted by molar-refractivity contribution is -0.250. The fraction of sp³-hybridized carbons (Fsp3) is 0.756. The van der Waals surface area contributed by atoms with Crippen molar-refractivity contribution in [3.63, 3.8) is 0 Å². The molecule has 0 bridgehead atoms. The number of hydrogen-bond donors (Lipinski definition) is 3. The average molecular weight is 805 g/mol. The lowest BCUT2D eigenvalue weighted by Gasteiger charge is -2.72. The summed E-state index contributed by atoms with van der Waals surface area (Å²) in [6.07, 6.45) is 13.8. The average Bonchev–Trinajstić information content (AvgIpc) is 3.79. The van der Waals surface area contributed by atoms with Gasteiger partial charge in [0, 0.05) is 31.0 Å². The van der Waals surface area contributed by atoms with E-state index in [4.69, 9.17) is 15.2 Å². The Balaban J connectivity index is 1.06. The molecule has 58 heavy (non-hydrogen) atoms. The molecule has 320 valence electrons. The van der Waals surface area contributed by atoms with Crippen LogP contribution in [0.3, 0.4) is 0 Å². The Morgan fingerprint density at radius 2 is 1.67 bits per heavy atom. The Labute approximate surface area is 344 Å². The van der Waals surface area contributed by atoms with Gasteiger partial charge in [0.1, 0.15) is 19.3 Å². The monoisotopic (exact) mass is 805 g/mol. The van der Waals surface area contributed by atoms with Crippen LogP contribution in [0.5, 0.6) is 0 Å². The molecule has 0 spiro atoms. The Bertz CT molecular complexity index is 1790.